The van der Waals surface area contributed by atoms with Gasteiger partial charge in [-0.2, -0.15) is 0 Å². The molecule has 1 atom stereocenters. The lowest BCUT2D eigenvalue weighted by Gasteiger charge is -2.29. The normalized spacial score (nSPS) is 15.2. The number of hydrogen-bond donors (Lipinski definition) is 1. The van der Waals surface area contributed by atoms with E-state index >= 15 is 0 Å². The molecule has 2 N–H and O–H groups in total. The maximum absolute atomic E-state index is 11.5. The molecule has 1 rings (SSSR count). The van der Waals surface area contributed by atoms with Gasteiger partial charge in [0, 0.05) is 23.4 Å². The highest BCUT2D eigenvalue weighted by Gasteiger charge is 2.36. The van der Waals surface area contributed by atoms with Gasteiger partial charge in [0.05, 0.1) is 10.3 Å². The molecule has 0 saturated carbocycles. The Labute approximate surface area is 94.4 Å². The summed E-state index contributed by atoms with van der Waals surface area (Å²) in [4.78, 5) is 4.95. The average Bonchev–Trinajstić information content (AvgIpc) is 2.54. The van der Waals surface area contributed by atoms with Crippen LogP contribution in [0.15, 0.2) is 11.7 Å². The van der Waals surface area contributed by atoms with Crippen molar-refractivity contribution in [2.45, 2.75) is 31.1 Å². The molecule has 0 bridgehead atoms. The third-order valence-corrected chi connectivity index (χ3v) is 5.77. The molecule has 1 aromatic rings. The third kappa shape index (κ3) is 2.76. The molecule has 0 aromatic carbocycles. The van der Waals surface area contributed by atoms with E-state index in [0.717, 1.165) is 4.88 Å². The molecule has 0 aliphatic carbocycles. The van der Waals surface area contributed by atoms with Gasteiger partial charge < -0.3 is 5.73 Å². The lowest BCUT2D eigenvalue weighted by Crippen LogP contribution is -2.49. The van der Waals surface area contributed by atoms with Gasteiger partial charge in [-0.05, 0) is 20.3 Å². The van der Waals surface area contributed by atoms with E-state index in [1.54, 1.807) is 25.6 Å². The van der Waals surface area contributed by atoms with Gasteiger partial charge in [-0.25, -0.2) is 8.42 Å². The Hall–Kier alpha value is -0.460. The molecule has 0 amide bonds. The fourth-order valence-corrected chi connectivity index (χ4v) is 2.37. The maximum atomic E-state index is 11.5. The summed E-state index contributed by atoms with van der Waals surface area (Å²) in [6, 6.07) is -0.409. The molecule has 0 saturated heterocycles. The van der Waals surface area contributed by atoms with Crippen molar-refractivity contribution in [2.75, 3.05) is 6.26 Å². The van der Waals surface area contributed by atoms with E-state index in [1.807, 2.05) is 0 Å². The maximum Gasteiger partial charge on any atom is 0.154 e. The molecule has 6 heteroatoms. The first-order chi connectivity index (χ1) is 6.75. The highest BCUT2D eigenvalue weighted by atomic mass is 32.2. The number of sulfone groups is 1. The fraction of sp³-hybridized carbons (Fsp3) is 0.667. The van der Waals surface area contributed by atoms with E-state index in [1.165, 1.54) is 17.6 Å². The zero-order chi connectivity index (χ0) is 11.7. The Bertz CT molecular complexity index is 409. The van der Waals surface area contributed by atoms with Crippen molar-refractivity contribution in [3.8, 4) is 0 Å². The molecule has 0 aliphatic heterocycles. The van der Waals surface area contributed by atoms with Crippen molar-refractivity contribution in [1.82, 2.24) is 4.98 Å². The number of nitrogens with two attached hydrogens (primary N) is 1. The van der Waals surface area contributed by atoms with Gasteiger partial charge in [-0.15, -0.1) is 11.3 Å². The number of thiazole rings is 1. The first kappa shape index (κ1) is 12.6. The summed E-state index contributed by atoms with van der Waals surface area (Å²) < 4.78 is 22.2. The molecule has 4 nitrogen and oxygen atoms in total. The van der Waals surface area contributed by atoms with Crippen LogP contribution >= 0.6 is 11.3 Å². The van der Waals surface area contributed by atoms with Crippen LogP contribution in [0, 0.1) is 0 Å². The minimum absolute atomic E-state index is 0.409. The second-order valence-electron chi connectivity index (χ2n) is 4.15. The van der Waals surface area contributed by atoms with E-state index in [2.05, 4.69) is 4.98 Å². The summed E-state index contributed by atoms with van der Waals surface area (Å²) in [6.07, 6.45) is 3.49. The Morgan fingerprint density at radius 2 is 2.20 bits per heavy atom. The fourth-order valence-electron chi connectivity index (χ4n) is 1.08. The van der Waals surface area contributed by atoms with Crippen LogP contribution in [-0.2, 0) is 16.3 Å². The van der Waals surface area contributed by atoms with Gasteiger partial charge >= 0.3 is 0 Å². The largest absolute Gasteiger partial charge is 0.326 e. The second-order valence-corrected chi connectivity index (χ2v) is 7.72. The van der Waals surface area contributed by atoms with Crippen molar-refractivity contribution in [2.24, 2.45) is 5.73 Å². The lowest BCUT2D eigenvalue weighted by atomic mass is 10.0. The average molecular weight is 248 g/mol. The molecule has 1 unspecified atom stereocenters. The van der Waals surface area contributed by atoms with Gasteiger partial charge in [0.1, 0.15) is 0 Å². The number of rotatable bonds is 4. The molecule has 0 radical (unpaired) electrons. The first-order valence-electron chi connectivity index (χ1n) is 4.57. The summed E-state index contributed by atoms with van der Waals surface area (Å²) in [5.41, 5.74) is 7.65. The van der Waals surface area contributed by atoms with E-state index in [9.17, 15) is 8.42 Å². The van der Waals surface area contributed by atoms with Gasteiger partial charge in [-0.3, -0.25) is 4.98 Å². The van der Waals surface area contributed by atoms with Crippen LogP contribution in [0.1, 0.15) is 18.7 Å². The summed E-state index contributed by atoms with van der Waals surface area (Å²) in [6.45, 7) is 3.32. The van der Waals surface area contributed by atoms with E-state index in [0.29, 0.717) is 6.42 Å². The number of aromatic nitrogens is 1. The topological polar surface area (TPSA) is 73.0 Å². The molecule has 1 aromatic heterocycles. The van der Waals surface area contributed by atoms with E-state index < -0.39 is 20.6 Å². The number of nitrogens with zero attached hydrogens (tertiary/aromatic N) is 1. The van der Waals surface area contributed by atoms with Crippen LogP contribution in [0.2, 0.25) is 0 Å². The summed E-state index contributed by atoms with van der Waals surface area (Å²) in [5, 5.41) is 0. The van der Waals surface area contributed by atoms with Crippen molar-refractivity contribution in [3.63, 3.8) is 0 Å². The molecule has 0 spiro atoms. The zero-order valence-electron chi connectivity index (χ0n) is 9.10. The van der Waals surface area contributed by atoms with Crippen molar-refractivity contribution in [3.05, 3.63) is 16.6 Å². The van der Waals surface area contributed by atoms with Crippen molar-refractivity contribution in [1.29, 1.82) is 0 Å². The lowest BCUT2D eigenvalue weighted by molar-refractivity contribution is 0.483. The first-order valence-corrected chi connectivity index (χ1v) is 7.35. The van der Waals surface area contributed by atoms with Crippen LogP contribution in [0.4, 0.5) is 0 Å². The summed E-state index contributed by atoms with van der Waals surface area (Å²) in [7, 11) is -3.15. The minimum Gasteiger partial charge on any atom is -0.326 e. The Balaban J connectivity index is 2.81. The SMILES string of the molecule is CC(C)(C(N)Cc1cncs1)S(C)(=O)=O. The zero-order valence-corrected chi connectivity index (χ0v) is 10.7. The molecular formula is C9H16N2O2S2. The Morgan fingerprint density at radius 3 is 2.60 bits per heavy atom. The molecular weight excluding hydrogens is 232 g/mol. The molecule has 0 aliphatic rings. The van der Waals surface area contributed by atoms with Crippen LogP contribution in [-0.4, -0.2) is 30.4 Å². The van der Waals surface area contributed by atoms with Gasteiger partial charge in [0.15, 0.2) is 9.84 Å². The van der Waals surface area contributed by atoms with E-state index in [-0.39, 0.29) is 0 Å². The quantitative estimate of drug-likeness (QED) is 0.857. The van der Waals surface area contributed by atoms with Gasteiger partial charge in [-0.1, -0.05) is 0 Å². The Kier molecular flexibility index (Phi) is 3.52. The number of hydrogen-bond acceptors (Lipinski definition) is 5. The molecule has 1 heterocycles. The van der Waals surface area contributed by atoms with Crippen molar-refractivity contribution >= 4 is 21.2 Å². The minimum atomic E-state index is -3.15. The third-order valence-electron chi connectivity index (χ3n) is 2.75. The van der Waals surface area contributed by atoms with Crippen LogP contribution in [0.3, 0.4) is 0 Å². The standard InChI is InChI=1S/C9H16N2O2S2/c1-9(2,15(3,12)13)8(10)4-7-5-11-6-14-7/h5-6,8H,4,10H2,1-3H3. The van der Waals surface area contributed by atoms with Crippen molar-refractivity contribution < 1.29 is 8.42 Å². The van der Waals surface area contributed by atoms with Crippen LogP contribution in [0.5, 0.6) is 0 Å². The predicted octanol–water partition coefficient (Wildman–Crippen LogP) is 0.836. The second kappa shape index (κ2) is 4.19. The molecule has 0 fully saturated rings. The van der Waals surface area contributed by atoms with E-state index in [4.69, 9.17) is 5.73 Å². The van der Waals surface area contributed by atoms with Crippen LogP contribution in [0.25, 0.3) is 0 Å². The summed E-state index contributed by atoms with van der Waals surface area (Å²) >= 11 is 1.49. The predicted molar refractivity (Wildman–Crippen MR) is 62.7 cm³/mol. The summed E-state index contributed by atoms with van der Waals surface area (Å²) in [5.74, 6) is 0. The monoisotopic (exact) mass is 248 g/mol. The van der Waals surface area contributed by atoms with Gasteiger partial charge in [0.2, 0.25) is 0 Å². The highest BCUT2D eigenvalue weighted by molar-refractivity contribution is 7.92. The van der Waals surface area contributed by atoms with Gasteiger partial charge in [0.25, 0.3) is 0 Å². The molecule has 15 heavy (non-hydrogen) atoms. The Morgan fingerprint density at radius 1 is 1.60 bits per heavy atom. The molecule has 86 valence electrons. The smallest absolute Gasteiger partial charge is 0.154 e. The van der Waals surface area contributed by atoms with Crippen LogP contribution < -0.4 is 5.73 Å². The highest BCUT2D eigenvalue weighted by Crippen LogP contribution is 2.22.